The van der Waals surface area contributed by atoms with Crippen LogP contribution in [0.1, 0.15) is 30.7 Å². The molecule has 6 heteroatoms. The fourth-order valence-electron chi connectivity index (χ4n) is 2.68. The van der Waals surface area contributed by atoms with E-state index < -0.39 is 5.97 Å². The fraction of sp³-hybridized carbons (Fsp3) is 0.389. The van der Waals surface area contributed by atoms with Gasteiger partial charge in [0, 0.05) is 17.5 Å². The molecule has 126 valence electrons. The van der Waals surface area contributed by atoms with Crippen molar-refractivity contribution in [1.82, 2.24) is 9.97 Å². The van der Waals surface area contributed by atoms with Gasteiger partial charge in [-0.2, -0.15) is 0 Å². The van der Waals surface area contributed by atoms with Crippen molar-refractivity contribution in [2.45, 2.75) is 44.4 Å². The monoisotopic (exact) mass is 344 g/mol. The second kappa shape index (κ2) is 6.53. The highest BCUT2D eigenvalue weighted by atomic mass is 32.2. The van der Waals surface area contributed by atoms with Crippen LogP contribution in [0.15, 0.2) is 29.3 Å². The number of thioether (sulfide) groups is 1. The number of fused-ring (bicyclic) bond motifs is 1. The van der Waals surface area contributed by atoms with Crippen LogP contribution in [-0.2, 0) is 22.6 Å². The summed E-state index contributed by atoms with van der Waals surface area (Å²) >= 11 is 1.23. The quantitative estimate of drug-likeness (QED) is 0.676. The van der Waals surface area contributed by atoms with Crippen molar-refractivity contribution in [2.24, 2.45) is 0 Å². The number of benzene rings is 1. The van der Waals surface area contributed by atoms with Crippen molar-refractivity contribution in [3.05, 3.63) is 41.1 Å². The third kappa shape index (κ3) is 3.76. The van der Waals surface area contributed by atoms with Crippen LogP contribution in [0.3, 0.4) is 0 Å². The van der Waals surface area contributed by atoms with Gasteiger partial charge in [-0.25, -0.2) is 9.97 Å². The first kappa shape index (κ1) is 16.9. The molecule has 1 aromatic carbocycles. The summed E-state index contributed by atoms with van der Waals surface area (Å²) in [5.74, 6) is -0.246. The smallest absolute Gasteiger partial charge is 0.313 e. The van der Waals surface area contributed by atoms with Gasteiger partial charge in [0.15, 0.2) is 5.82 Å². The van der Waals surface area contributed by atoms with Gasteiger partial charge in [-0.15, -0.1) is 0 Å². The van der Waals surface area contributed by atoms with Gasteiger partial charge < -0.3 is 9.84 Å². The van der Waals surface area contributed by atoms with E-state index in [1.54, 1.807) is 0 Å². The van der Waals surface area contributed by atoms with Crippen LogP contribution in [0.4, 0.5) is 0 Å². The number of aliphatic carboxylic acids is 1. The molecule has 0 aliphatic carbocycles. The minimum atomic E-state index is -0.860. The van der Waals surface area contributed by atoms with E-state index in [2.05, 4.69) is 4.98 Å². The third-order valence-electron chi connectivity index (χ3n) is 3.86. The fourth-order valence-corrected chi connectivity index (χ4v) is 3.45. The highest BCUT2D eigenvalue weighted by molar-refractivity contribution is 7.99. The summed E-state index contributed by atoms with van der Waals surface area (Å²) in [6, 6.07) is 8.02. The Bertz CT molecular complexity index is 790. The van der Waals surface area contributed by atoms with Crippen molar-refractivity contribution >= 4 is 17.7 Å². The molecule has 0 fully saturated rings. The number of ether oxygens (including phenoxy) is 1. The Labute approximate surface area is 145 Å². The summed E-state index contributed by atoms with van der Waals surface area (Å²) in [5, 5.41) is 9.69. The maximum absolute atomic E-state index is 10.9. The molecular formula is C18H20N2O3S. The van der Waals surface area contributed by atoms with Crippen molar-refractivity contribution in [2.75, 3.05) is 5.75 Å². The standard InChI is InChI=1S/C18H20N2O3S/c1-11-5-4-6-12(7-11)16-19-14-8-18(2,3)23-9-13(14)17(20-16)24-10-15(21)22/h4-7H,8-10H2,1-3H3,(H,21,22). The number of carboxylic acids is 1. The summed E-state index contributed by atoms with van der Waals surface area (Å²) in [6.07, 6.45) is 0.685. The van der Waals surface area contributed by atoms with Gasteiger partial charge in [0.2, 0.25) is 0 Å². The SMILES string of the molecule is Cc1cccc(-c2nc3c(c(SCC(=O)O)n2)COC(C)(C)C3)c1. The summed E-state index contributed by atoms with van der Waals surface area (Å²) in [4.78, 5) is 20.3. The molecule has 0 bridgehead atoms. The lowest BCUT2D eigenvalue weighted by molar-refractivity contribution is -0.133. The van der Waals surface area contributed by atoms with Crippen LogP contribution in [0.2, 0.25) is 0 Å². The molecule has 1 aliphatic rings. The Morgan fingerprint density at radius 3 is 2.88 bits per heavy atom. The molecule has 2 aromatic rings. The van der Waals surface area contributed by atoms with Gasteiger partial charge >= 0.3 is 5.97 Å². The average molecular weight is 344 g/mol. The topological polar surface area (TPSA) is 72.3 Å². The number of aryl methyl sites for hydroxylation is 1. The van der Waals surface area contributed by atoms with Gasteiger partial charge in [0.25, 0.3) is 0 Å². The molecule has 2 heterocycles. The van der Waals surface area contributed by atoms with E-state index >= 15 is 0 Å². The summed E-state index contributed by atoms with van der Waals surface area (Å²) in [5.41, 5.74) is 3.67. The maximum Gasteiger partial charge on any atom is 0.313 e. The molecule has 0 atom stereocenters. The molecule has 5 nitrogen and oxygen atoms in total. The minimum Gasteiger partial charge on any atom is -0.481 e. The zero-order valence-corrected chi connectivity index (χ0v) is 14.8. The highest BCUT2D eigenvalue weighted by Crippen LogP contribution is 2.34. The number of hydrogen-bond donors (Lipinski definition) is 1. The molecule has 0 saturated carbocycles. The minimum absolute atomic E-state index is 0.0277. The van der Waals surface area contributed by atoms with Crippen LogP contribution in [0.5, 0.6) is 0 Å². The van der Waals surface area contributed by atoms with Crippen LogP contribution in [0.25, 0.3) is 11.4 Å². The lowest BCUT2D eigenvalue weighted by Crippen LogP contribution is -2.33. The lowest BCUT2D eigenvalue weighted by atomic mass is 9.96. The first-order valence-corrected chi connectivity index (χ1v) is 8.78. The zero-order chi connectivity index (χ0) is 17.3. The second-order valence-corrected chi connectivity index (χ2v) is 7.52. The Morgan fingerprint density at radius 2 is 2.17 bits per heavy atom. The molecule has 1 N–H and O–H groups in total. The normalized spacial score (nSPS) is 15.8. The van der Waals surface area contributed by atoms with E-state index in [9.17, 15) is 4.79 Å². The average Bonchev–Trinajstić information content (AvgIpc) is 2.51. The van der Waals surface area contributed by atoms with Gasteiger partial charge in [0.05, 0.1) is 23.7 Å². The number of nitrogens with zero attached hydrogens (tertiary/aromatic N) is 2. The van der Waals surface area contributed by atoms with E-state index in [0.29, 0.717) is 23.9 Å². The van der Waals surface area contributed by atoms with Crippen molar-refractivity contribution < 1.29 is 14.6 Å². The van der Waals surface area contributed by atoms with E-state index in [1.807, 2.05) is 45.0 Å². The number of hydrogen-bond acceptors (Lipinski definition) is 5. The number of carboxylic acid groups (broad SMARTS) is 1. The van der Waals surface area contributed by atoms with Crippen LogP contribution >= 0.6 is 11.8 Å². The first-order chi connectivity index (χ1) is 11.3. The molecule has 0 radical (unpaired) electrons. The molecule has 1 aliphatic heterocycles. The molecule has 3 rings (SSSR count). The summed E-state index contributed by atoms with van der Waals surface area (Å²) < 4.78 is 5.86. The van der Waals surface area contributed by atoms with E-state index in [4.69, 9.17) is 14.8 Å². The van der Waals surface area contributed by atoms with Crippen LogP contribution in [0, 0.1) is 6.92 Å². The summed E-state index contributed by atoms with van der Waals surface area (Å²) in [7, 11) is 0. The predicted octanol–water partition coefficient (Wildman–Crippen LogP) is 3.48. The summed E-state index contributed by atoms with van der Waals surface area (Å²) in [6.45, 7) is 6.51. The predicted molar refractivity (Wildman–Crippen MR) is 93.1 cm³/mol. The Hall–Kier alpha value is -1.92. The third-order valence-corrected chi connectivity index (χ3v) is 4.87. The number of rotatable bonds is 4. The zero-order valence-electron chi connectivity index (χ0n) is 14.0. The van der Waals surface area contributed by atoms with Gasteiger partial charge in [-0.05, 0) is 26.8 Å². The molecule has 0 amide bonds. The van der Waals surface area contributed by atoms with E-state index in [-0.39, 0.29) is 11.4 Å². The van der Waals surface area contributed by atoms with E-state index in [1.165, 1.54) is 11.8 Å². The Kier molecular flexibility index (Phi) is 4.60. The van der Waals surface area contributed by atoms with Gasteiger partial charge in [-0.1, -0.05) is 35.5 Å². The highest BCUT2D eigenvalue weighted by Gasteiger charge is 2.30. The van der Waals surface area contributed by atoms with Crippen LogP contribution < -0.4 is 0 Å². The molecule has 1 aromatic heterocycles. The van der Waals surface area contributed by atoms with Crippen molar-refractivity contribution in [1.29, 1.82) is 0 Å². The van der Waals surface area contributed by atoms with Crippen molar-refractivity contribution in [3.8, 4) is 11.4 Å². The molecule has 0 saturated heterocycles. The molecule has 24 heavy (non-hydrogen) atoms. The molecule has 0 spiro atoms. The molecular weight excluding hydrogens is 324 g/mol. The van der Waals surface area contributed by atoms with Crippen molar-refractivity contribution in [3.63, 3.8) is 0 Å². The van der Waals surface area contributed by atoms with Gasteiger partial charge in [-0.3, -0.25) is 4.79 Å². The second-order valence-electron chi connectivity index (χ2n) is 6.55. The number of carbonyl (C=O) groups is 1. The lowest BCUT2D eigenvalue weighted by Gasteiger charge is -2.32. The first-order valence-electron chi connectivity index (χ1n) is 7.79. The number of aromatic nitrogens is 2. The van der Waals surface area contributed by atoms with E-state index in [0.717, 1.165) is 22.4 Å². The maximum atomic E-state index is 10.9. The largest absolute Gasteiger partial charge is 0.481 e. The molecule has 0 unspecified atom stereocenters. The van der Waals surface area contributed by atoms with Crippen LogP contribution in [-0.4, -0.2) is 32.4 Å². The Morgan fingerprint density at radius 1 is 1.38 bits per heavy atom. The Balaban J connectivity index is 2.07. The van der Waals surface area contributed by atoms with Gasteiger partial charge in [0.1, 0.15) is 5.03 Å².